The number of nitrogens with two attached hydrogens (primary N) is 1. The van der Waals surface area contributed by atoms with Crippen molar-refractivity contribution in [1.29, 1.82) is 0 Å². The van der Waals surface area contributed by atoms with Crippen LogP contribution in [-0.2, 0) is 0 Å². The van der Waals surface area contributed by atoms with Crippen LogP contribution in [0.4, 0.5) is 15.8 Å². The Bertz CT molecular complexity index is 252. The Balaban J connectivity index is 2.96. The van der Waals surface area contributed by atoms with Crippen molar-refractivity contribution in [1.82, 2.24) is 0 Å². The van der Waals surface area contributed by atoms with E-state index >= 15 is 0 Å². The van der Waals surface area contributed by atoms with Gasteiger partial charge in [0.2, 0.25) is 0 Å². The second kappa shape index (κ2) is 3.48. The lowest BCUT2D eigenvalue weighted by atomic mass is 10.3. The Kier molecular flexibility index (Phi) is 2.59. The molecule has 1 aromatic rings. The average Bonchev–Trinajstić information content (AvgIpc) is 1.99. The second-order valence-electron chi connectivity index (χ2n) is 2.01. The van der Waals surface area contributed by atoms with Gasteiger partial charge in [-0.2, -0.15) is 0 Å². The van der Waals surface area contributed by atoms with Gasteiger partial charge in [0.1, 0.15) is 0 Å². The van der Waals surface area contributed by atoms with Gasteiger partial charge >= 0.3 is 0 Å². The molecule has 0 heterocycles. The summed E-state index contributed by atoms with van der Waals surface area (Å²) < 4.78 is 15.8. The standard InChI is InChI=1S/C7H9FN2S/c1-11-10-6-4-2-3-5(9)7(6)8/h2-4,10H,9H2,1H3. The van der Waals surface area contributed by atoms with Crippen LogP contribution in [0.1, 0.15) is 0 Å². The maximum absolute atomic E-state index is 13.0. The number of benzene rings is 1. The fraction of sp³-hybridized carbons (Fsp3) is 0.143. The molecule has 1 rings (SSSR count). The first-order valence-electron chi connectivity index (χ1n) is 3.08. The van der Waals surface area contributed by atoms with Crippen molar-refractivity contribution in [2.75, 3.05) is 16.7 Å². The van der Waals surface area contributed by atoms with Crippen molar-refractivity contribution in [3.63, 3.8) is 0 Å². The maximum Gasteiger partial charge on any atom is 0.169 e. The molecule has 0 radical (unpaired) electrons. The van der Waals surface area contributed by atoms with Gasteiger partial charge in [0.25, 0.3) is 0 Å². The van der Waals surface area contributed by atoms with E-state index in [0.717, 1.165) is 0 Å². The van der Waals surface area contributed by atoms with E-state index in [0.29, 0.717) is 5.69 Å². The minimum atomic E-state index is -0.387. The summed E-state index contributed by atoms with van der Waals surface area (Å²) in [6, 6.07) is 4.88. The molecule has 0 spiro atoms. The molecule has 4 heteroatoms. The predicted molar refractivity (Wildman–Crippen MR) is 48.0 cm³/mol. The van der Waals surface area contributed by atoms with Crippen LogP contribution in [0, 0.1) is 5.82 Å². The van der Waals surface area contributed by atoms with E-state index in [-0.39, 0.29) is 11.5 Å². The number of hydrogen-bond acceptors (Lipinski definition) is 3. The zero-order valence-electron chi connectivity index (χ0n) is 6.10. The molecular weight excluding hydrogens is 163 g/mol. The average molecular weight is 172 g/mol. The molecule has 0 fully saturated rings. The number of nitrogen functional groups attached to an aromatic ring is 1. The molecule has 0 atom stereocenters. The molecule has 0 amide bonds. The van der Waals surface area contributed by atoms with Crippen molar-refractivity contribution in [2.45, 2.75) is 0 Å². The lowest BCUT2D eigenvalue weighted by Crippen LogP contribution is -1.95. The van der Waals surface area contributed by atoms with Gasteiger partial charge in [-0.1, -0.05) is 18.0 Å². The Hall–Kier alpha value is -0.900. The first-order valence-corrected chi connectivity index (χ1v) is 4.31. The van der Waals surface area contributed by atoms with Gasteiger partial charge in [-0.05, 0) is 12.1 Å². The summed E-state index contributed by atoms with van der Waals surface area (Å²) in [6.45, 7) is 0. The predicted octanol–water partition coefficient (Wildman–Crippen LogP) is 2.10. The SMILES string of the molecule is CSNc1cccc(N)c1F. The zero-order valence-corrected chi connectivity index (χ0v) is 6.91. The van der Waals surface area contributed by atoms with Gasteiger partial charge in [-0.3, -0.25) is 0 Å². The van der Waals surface area contributed by atoms with E-state index in [9.17, 15) is 4.39 Å². The summed E-state index contributed by atoms with van der Waals surface area (Å²) in [5.74, 6) is -0.387. The van der Waals surface area contributed by atoms with Gasteiger partial charge in [0.15, 0.2) is 5.82 Å². The Morgan fingerprint density at radius 2 is 2.27 bits per heavy atom. The molecule has 0 aliphatic carbocycles. The molecule has 0 bridgehead atoms. The smallest absolute Gasteiger partial charge is 0.169 e. The van der Waals surface area contributed by atoms with Crippen LogP contribution >= 0.6 is 11.9 Å². The molecule has 2 nitrogen and oxygen atoms in total. The van der Waals surface area contributed by atoms with Gasteiger partial charge in [0.05, 0.1) is 11.4 Å². The van der Waals surface area contributed by atoms with Crippen molar-refractivity contribution < 1.29 is 4.39 Å². The van der Waals surface area contributed by atoms with E-state index in [1.165, 1.54) is 18.0 Å². The van der Waals surface area contributed by atoms with Crippen molar-refractivity contribution in [3.05, 3.63) is 24.0 Å². The highest BCUT2D eigenvalue weighted by atomic mass is 32.2. The highest BCUT2D eigenvalue weighted by molar-refractivity contribution is 7.99. The summed E-state index contributed by atoms with van der Waals surface area (Å²) in [6.07, 6.45) is 1.82. The molecule has 0 saturated heterocycles. The molecule has 3 N–H and O–H groups in total. The molecule has 60 valence electrons. The zero-order chi connectivity index (χ0) is 8.27. The molecule has 0 aliphatic rings. The molecule has 0 aromatic heterocycles. The Morgan fingerprint density at radius 1 is 1.55 bits per heavy atom. The fourth-order valence-corrected chi connectivity index (χ4v) is 1.12. The lowest BCUT2D eigenvalue weighted by molar-refractivity contribution is 0.637. The van der Waals surface area contributed by atoms with Crippen molar-refractivity contribution >= 4 is 23.3 Å². The van der Waals surface area contributed by atoms with Crippen molar-refractivity contribution in [3.8, 4) is 0 Å². The topological polar surface area (TPSA) is 38.0 Å². The third kappa shape index (κ3) is 1.77. The normalized spacial score (nSPS) is 9.64. The summed E-state index contributed by atoms with van der Waals surface area (Å²) in [4.78, 5) is 0. The highest BCUT2D eigenvalue weighted by Gasteiger charge is 2.02. The molecule has 0 aliphatic heterocycles. The minimum Gasteiger partial charge on any atom is -0.396 e. The molecule has 1 aromatic carbocycles. The summed E-state index contributed by atoms with van der Waals surface area (Å²) >= 11 is 1.33. The van der Waals surface area contributed by atoms with Crippen LogP contribution in [0.5, 0.6) is 0 Å². The van der Waals surface area contributed by atoms with E-state index in [2.05, 4.69) is 4.72 Å². The van der Waals surface area contributed by atoms with Crippen LogP contribution in [-0.4, -0.2) is 6.26 Å². The van der Waals surface area contributed by atoms with E-state index in [1.807, 2.05) is 6.26 Å². The largest absolute Gasteiger partial charge is 0.396 e. The number of rotatable bonds is 2. The highest BCUT2D eigenvalue weighted by Crippen LogP contribution is 2.20. The number of anilines is 2. The number of nitrogens with one attached hydrogen (secondary N) is 1. The van der Waals surface area contributed by atoms with E-state index < -0.39 is 0 Å². The molecular formula is C7H9FN2S. The van der Waals surface area contributed by atoms with Crippen LogP contribution in [0.15, 0.2) is 18.2 Å². The Labute approximate surface area is 69.1 Å². The van der Waals surface area contributed by atoms with E-state index in [4.69, 9.17) is 5.73 Å². The van der Waals surface area contributed by atoms with Crippen LogP contribution in [0.3, 0.4) is 0 Å². The second-order valence-corrected chi connectivity index (χ2v) is 2.63. The van der Waals surface area contributed by atoms with Crippen LogP contribution < -0.4 is 10.5 Å². The minimum absolute atomic E-state index is 0.170. The monoisotopic (exact) mass is 172 g/mol. The molecule has 0 saturated carbocycles. The van der Waals surface area contributed by atoms with Gasteiger partial charge < -0.3 is 10.5 Å². The first-order chi connectivity index (χ1) is 5.25. The first kappa shape index (κ1) is 8.20. The quantitative estimate of drug-likeness (QED) is 0.530. The van der Waals surface area contributed by atoms with Gasteiger partial charge in [-0.25, -0.2) is 4.39 Å². The summed E-state index contributed by atoms with van der Waals surface area (Å²) in [7, 11) is 0. The van der Waals surface area contributed by atoms with E-state index in [1.54, 1.807) is 12.1 Å². The number of hydrogen-bond donors (Lipinski definition) is 2. The summed E-state index contributed by atoms with van der Waals surface area (Å²) in [5.41, 5.74) is 5.93. The third-order valence-electron chi connectivity index (χ3n) is 1.24. The van der Waals surface area contributed by atoms with Crippen LogP contribution in [0.25, 0.3) is 0 Å². The molecule has 11 heavy (non-hydrogen) atoms. The Morgan fingerprint density at radius 3 is 2.91 bits per heavy atom. The third-order valence-corrected chi connectivity index (χ3v) is 1.66. The molecule has 0 unspecified atom stereocenters. The maximum atomic E-state index is 13.0. The van der Waals surface area contributed by atoms with Crippen LogP contribution in [0.2, 0.25) is 0 Å². The number of halogens is 1. The lowest BCUT2D eigenvalue weighted by Gasteiger charge is -2.04. The van der Waals surface area contributed by atoms with Crippen molar-refractivity contribution in [2.24, 2.45) is 0 Å². The fourth-order valence-electron chi connectivity index (χ4n) is 0.739. The van der Waals surface area contributed by atoms with Gasteiger partial charge in [0, 0.05) is 6.26 Å². The summed E-state index contributed by atoms with van der Waals surface area (Å²) in [5, 5.41) is 0. The van der Waals surface area contributed by atoms with Gasteiger partial charge in [-0.15, -0.1) is 0 Å².